The molecule has 4 heterocycles. The van der Waals surface area contributed by atoms with Gasteiger partial charge in [0.05, 0.1) is 36.0 Å². The number of fused-ring (bicyclic) bond motifs is 1. The van der Waals surface area contributed by atoms with Crippen LogP contribution in [0.4, 0.5) is 17.3 Å². The zero-order chi connectivity index (χ0) is 25.3. The van der Waals surface area contributed by atoms with Crippen molar-refractivity contribution in [2.24, 2.45) is 0 Å². The van der Waals surface area contributed by atoms with Gasteiger partial charge >= 0.3 is 0 Å². The molecule has 0 aliphatic carbocycles. The molecule has 0 atom stereocenters. The Balaban J connectivity index is 1.34. The van der Waals surface area contributed by atoms with E-state index in [0.717, 1.165) is 65.9 Å². The van der Waals surface area contributed by atoms with E-state index in [1.807, 2.05) is 74.1 Å². The summed E-state index contributed by atoms with van der Waals surface area (Å²) >= 11 is 0. The van der Waals surface area contributed by atoms with Crippen molar-refractivity contribution in [1.29, 1.82) is 0 Å². The maximum Gasteiger partial charge on any atom is 0.227 e. The monoisotopic (exact) mass is 487 g/mol. The largest absolute Gasteiger partial charge is 0.494 e. The molecule has 5 rings (SSSR count). The van der Waals surface area contributed by atoms with Gasteiger partial charge < -0.3 is 20.1 Å². The summed E-state index contributed by atoms with van der Waals surface area (Å²) in [7, 11) is 1.67. The van der Waals surface area contributed by atoms with Crippen molar-refractivity contribution in [1.82, 2.24) is 24.3 Å². The molecule has 4 aromatic rings. The second-order valence-electron chi connectivity index (χ2n) is 9.88. The van der Waals surface area contributed by atoms with E-state index in [9.17, 15) is 5.11 Å². The summed E-state index contributed by atoms with van der Waals surface area (Å²) in [6.45, 7) is 10.0. The van der Waals surface area contributed by atoms with Crippen LogP contribution in [0.25, 0.3) is 17.0 Å². The molecule has 3 aromatic heterocycles. The lowest BCUT2D eigenvalue weighted by atomic mass is 10.1. The number of methoxy groups -OCH3 is 1. The highest BCUT2D eigenvalue weighted by atomic mass is 16.5. The number of nitrogens with one attached hydrogen (secondary N) is 1. The number of β-amino-alcohol motifs (C(OH)–C–C–N with tert-alkyl or cyclic N) is 1. The third-order valence-electron chi connectivity index (χ3n) is 6.41. The molecule has 1 fully saturated rings. The highest BCUT2D eigenvalue weighted by Gasteiger charge is 2.23. The van der Waals surface area contributed by atoms with Crippen molar-refractivity contribution in [2.45, 2.75) is 26.4 Å². The summed E-state index contributed by atoms with van der Waals surface area (Å²) < 4.78 is 7.74. The van der Waals surface area contributed by atoms with Crippen LogP contribution in [0.5, 0.6) is 5.75 Å². The Morgan fingerprint density at radius 1 is 1.06 bits per heavy atom. The molecule has 0 spiro atoms. The van der Waals surface area contributed by atoms with Crippen LogP contribution in [0.2, 0.25) is 0 Å². The molecule has 0 saturated carbocycles. The Morgan fingerprint density at radius 3 is 2.61 bits per heavy atom. The number of anilines is 3. The number of rotatable bonds is 7. The summed E-state index contributed by atoms with van der Waals surface area (Å²) in [5.74, 6) is 1.22. The van der Waals surface area contributed by atoms with Crippen LogP contribution in [0.1, 0.15) is 19.4 Å². The van der Waals surface area contributed by atoms with Crippen molar-refractivity contribution in [3.05, 3.63) is 60.6 Å². The Morgan fingerprint density at radius 2 is 1.86 bits per heavy atom. The van der Waals surface area contributed by atoms with E-state index in [0.29, 0.717) is 12.5 Å². The predicted octanol–water partition coefficient (Wildman–Crippen LogP) is 3.74. The molecule has 2 N–H and O–H groups in total. The van der Waals surface area contributed by atoms with E-state index in [4.69, 9.17) is 9.72 Å². The van der Waals surface area contributed by atoms with Gasteiger partial charge in [0.1, 0.15) is 11.4 Å². The summed E-state index contributed by atoms with van der Waals surface area (Å²) in [4.78, 5) is 18.5. The second-order valence-corrected chi connectivity index (χ2v) is 9.88. The topological polar surface area (TPSA) is 91.0 Å². The molecule has 1 aromatic carbocycles. The Bertz CT molecular complexity index is 1350. The molecule has 9 nitrogen and oxygen atoms in total. The van der Waals surface area contributed by atoms with E-state index in [1.165, 1.54) is 0 Å². The number of pyridine rings is 1. The fraction of sp³-hybridized carbons (Fsp3) is 0.370. The van der Waals surface area contributed by atoms with Gasteiger partial charge in [-0.2, -0.15) is 0 Å². The minimum atomic E-state index is -0.679. The second kappa shape index (κ2) is 9.75. The highest BCUT2D eigenvalue weighted by molar-refractivity contribution is 5.70. The minimum Gasteiger partial charge on any atom is -0.494 e. The van der Waals surface area contributed by atoms with Gasteiger partial charge in [-0.05, 0) is 50.6 Å². The fourth-order valence-corrected chi connectivity index (χ4v) is 4.68. The van der Waals surface area contributed by atoms with Gasteiger partial charge in [0.15, 0.2) is 0 Å². The summed E-state index contributed by atoms with van der Waals surface area (Å²) in [6, 6.07) is 12.1. The third-order valence-corrected chi connectivity index (χ3v) is 6.41. The van der Waals surface area contributed by atoms with Gasteiger partial charge in [0, 0.05) is 56.9 Å². The summed E-state index contributed by atoms with van der Waals surface area (Å²) in [5, 5.41) is 13.4. The number of aliphatic hydroxyl groups is 1. The molecule has 0 amide bonds. The van der Waals surface area contributed by atoms with E-state index in [1.54, 1.807) is 7.11 Å². The van der Waals surface area contributed by atoms with E-state index in [2.05, 4.69) is 31.2 Å². The van der Waals surface area contributed by atoms with Crippen molar-refractivity contribution in [3.63, 3.8) is 0 Å². The van der Waals surface area contributed by atoms with Crippen LogP contribution in [-0.2, 0) is 0 Å². The van der Waals surface area contributed by atoms with Crippen molar-refractivity contribution in [2.75, 3.05) is 50.1 Å². The molecule has 188 valence electrons. The van der Waals surface area contributed by atoms with Gasteiger partial charge in [-0.25, -0.2) is 15.0 Å². The number of ether oxygens (including phenoxy) is 1. The average Bonchev–Trinajstić information content (AvgIpc) is 3.29. The van der Waals surface area contributed by atoms with Gasteiger partial charge in [-0.1, -0.05) is 6.07 Å². The summed E-state index contributed by atoms with van der Waals surface area (Å²) in [6.07, 6.45) is 5.64. The molecule has 36 heavy (non-hydrogen) atoms. The summed E-state index contributed by atoms with van der Waals surface area (Å²) in [5.41, 5.74) is 4.81. The number of benzene rings is 1. The van der Waals surface area contributed by atoms with Crippen LogP contribution in [0.15, 0.2) is 55.0 Å². The molecule has 9 heteroatoms. The van der Waals surface area contributed by atoms with E-state index in [-0.39, 0.29) is 0 Å². The number of hydrogen-bond acceptors (Lipinski definition) is 8. The van der Waals surface area contributed by atoms with Crippen LogP contribution >= 0.6 is 0 Å². The first-order chi connectivity index (χ1) is 17.3. The lowest BCUT2D eigenvalue weighted by Gasteiger charge is -2.38. The van der Waals surface area contributed by atoms with Crippen LogP contribution in [0.3, 0.4) is 0 Å². The average molecular weight is 488 g/mol. The van der Waals surface area contributed by atoms with Crippen LogP contribution in [0, 0.1) is 6.92 Å². The maximum absolute atomic E-state index is 10.1. The van der Waals surface area contributed by atoms with E-state index < -0.39 is 5.60 Å². The van der Waals surface area contributed by atoms with Crippen molar-refractivity contribution >= 4 is 23.0 Å². The maximum atomic E-state index is 10.1. The zero-order valence-electron chi connectivity index (χ0n) is 21.3. The van der Waals surface area contributed by atoms with Crippen LogP contribution < -0.4 is 15.0 Å². The molecule has 1 aliphatic heterocycles. The van der Waals surface area contributed by atoms with Gasteiger partial charge in [-0.15, -0.1) is 0 Å². The lowest BCUT2D eigenvalue weighted by molar-refractivity contribution is 0.0345. The van der Waals surface area contributed by atoms with Gasteiger partial charge in [0.2, 0.25) is 5.95 Å². The first kappa shape index (κ1) is 24.0. The fourth-order valence-electron chi connectivity index (χ4n) is 4.68. The molecule has 0 bridgehead atoms. The molecule has 1 saturated heterocycles. The van der Waals surface area contributed by atoms with Crippen molar-refractivity contribution in [3.8, 4) is 17.1 Å². The molecular formula is C27H33N7O2. The number of imidazole rings is 1. The smallest absolute Gasteiger partial charge is 0.227 e. The standard InChI is InChI=1S/C27H33N7O2/c1-19-16-29-26(31-25(19)22-17-28-24-7-5-6-10-34(22)24)30-21-9-8-20(15-23(21)36-4)33-13-11-32(12-14-33)18-27(2,3)35/h5-10,15-17,35H,11-14,18H2,1-4H3,(H,29,30,31). The number of nitrogens with zero attached hydrogens (tertiary/aromatic N) is 6. The van der Waals surface area contributed by atoms with Gasteiger partial charge in [0.25, 0.3) is 0 Å². The number of aryl methyl sites for hydroxylation is 1. The lowest BCUT2D eigenvalue weighted by Crippen LogP contribution is -2.50. The number of hydrogen-bond donors (Lipinski definition) is 2. The predicted molar refractivity (Wildman–Crippen MR) is 142 cm³/mol. The normalized spacial score (nSPS) is 14.9. The Labute approximate surface area is 211 Å². The minimum absolute atomic E-state index is 0.493. The number of piperazine rings is 1. The zero-order valence-corrected chi connectivity index (χ0v) is 21.3. The van der Waals surface area contributed by atoms with Crippen LogP contribution in [-0.4, -0.2) is 74.8 Å². The first-order valence-electron chi connectivity index (χ1n) is 12.2. The number of aromatic nitrogens is 4. The molecule has 0 radical (unpaired) electrons. The molecular weight excluding hydrogens is 454 g/mol. The SMILES string of the molecule is COc1cc(N2CCN(CC(C)(C)O)CC2)ccc1Nc1ncc(C)c(-c2cnc3ccccn23)n1. The van der Waals surface area contributed by atoms with E-state index >= 15 is 0 Å². The quantitative estimate of drug-likeness (QED) is 0.407. The molecule has 0 unspecified atom stereocenters. The van der Waals surface area contributed by atoms with Crippen molar-refractivity contribution < 1.29 is 9.84 Å². The molecule has 1 aliphatic rings. The highest BCUT2D eigenvalue weighted by Crippen LogP contribution is 2.32. The van der Waals surface area contributed by atoms with Gasteiger partial charge in [-0.3, -0.25) is 9.30 Å². The Hall–Kier alpha value is -3.69. The third kappa shape index (κ3) is 5.12. The Kier molecular flexibility index (Phi) is 6.51. The first-order valence-corrected chi connectivity index (χ1v) is 12.2.